The van der Waals surface area contributed by atoms with E-state index in [4.69, 9.17) is 9.47 Å². The van der Waals surface area contributed by atoms with Crippen molar-refractivity contribution >= 4 is 5.78 Å². The first-order valence-corrected chi connectivity index (χ1v) is 15.3. The molecule has 10 atom stereocenters. The van der Waals surface area contributed by atoms with E-state index in [1.165, 1.54) is 77.0 Å². The lowest BCUT2D eigenvalue weighted by Gasteiger charge is -2.47. The Balaban J connectivity index is 1.46. The summed E-state index contributed by atoms with van der Waals surface area (Å²) in [6, 6.07) is 0. The van der Waals surface area contributed by atoms with E-state index >= 15 is 0 Å². The molecule has 4 aliphatic rings. The molecule has 4 fully saturated rings. The maximum atomic E-state index is 14.1. The van der Waals surface area contributed by atoms with Gasteiger partial charge in [-0.1, -0.05) is 79.1 Å². The molecule has 0 radical (unpaired) electrons. The summed E-state index contributed by atoms with van der Waals surface area (Å²) in [5.41, 5.74) is 0. The largest absolute Gasteiger partial charge is 0.378 e. The monoisotopic (exact) mass is 474 g/mol. The molecule has 0 spiro atoms. The minimum absolute atomic E-state index is 0.107. The number of rotatable bonds is 10. The second kappa shape index (κ2) is 12.7. The molecule has 0 aromatic carbocycles. The molecule has 0 aliphatic heterocycles. The number of hydrogen-bond donors (Lipinski definition) is 0. The molecular formula is C31H54O3. The number of ketones is 1. The third kappa shape index (κ3) is 6.10. The summed E-state index contributed by atoms with van der Waals surface area (Å²) < 4.78 is 12.9. The SMILES string of the molecule is CCCOC1CC2CCCCC2CC1C(C)C(=O)C(C)C1CC2CCCCC2CC1OCCC. The van der Waals surface area contributed by atoms with E-state index in [1.807, 2.05) is 0 Å². The van der Waals surface area contributed by atoms with Crippen LogP contribution < -0.4 is 0 Å². The Hall–Kier alpha value is -0.410. The van der Waals surface area contributed by atoms with Crippen molar-refractivity contribution in [1.29, 1.82) is 0 Å². The van der Waals surface area contributed by atoms with E-state index in [2.05, 4.69) is 27.7 Å². The highest BCUT2D eigenvalue weighted by molar-refractivity contribution is 5.83. The van der Waals surface area contributed by atoms with Gasteiger partial charge in [-0.3, -0.25) is 4.79 Å². The number of fused-ring (bicyclic) bond motifs is 2. The van der Waals surface area contributed by atoms with Crippen LogP contribution >= 0.6 is 0 Å². The fourth-order valence-electron chi connectivity index (χ4n) is 8.57. The van der Waals surface area contributed by atoms with Crippen LogP contribution in [0.1, 0.15) is 118 Å². The van der Waals surface area contributed by atoms with Crippen molar-refractivity contribution in [2.24, 2.45) is 47.3 Å². The third-order valence-corrected chi connectivity index (χ3v) is 10.6. The molecule has 3 heteroatoms. The zero-order valence-electron chi connectivity index (χ0n) is 22.8. The summed E-state index contributed by atoms with van der Waals surface area (Å²) in [7, 11) is 0. The maximum absolute atomic E-state index is 14.1. The highest BCUT2D eigenvalue weighted by atomic mass is 16.5. The normalized spacial score (nSPS) is 40.1. The van der Waals surface area contributed by atoms with Gasteiger partial charge in [-0.05, 0) is 74.0 Å². The average molecular weight is 475 g/mol. The van der Waals surface area contributed by atoms with E-state index < -0.39 is 0 Å². The Bertz CT molecular complexity index is 580. The molecule has 0 bridgehead atoms. The number of carbonyl (C=O) groups excluding carboxylic acids is 1. The molecule has 4 aliphatic carbocycles. The van der Waals surface area contributed by atoms with Crippen molar-refractivity contribution in [1.82, 2.24) is 0 Å². The maximum Gasteiger partial charge on any atom is 0.139 e. The van der Waals surface area contributed by atoms with Gasteiger partial charge in [0.15, 0.2) is 0 Å². The summed E-state index contributed by atoms with van der Waals surface area (Å²) in [6.07, 6.45) is 18.6. The van der Waals surface area contributed by atoms with Gasteiger partial charge in [0.1, 0.15) is 5.78 Å². The van der Waals surface area contributed by atoms with Crippen LogP contribution in [0.25, 0.3) is 0 Å². The molecule has 34 heavy (non-hydrogen) atoms. The first kappa shape index (κ1) is 26.6. The summed E-state index contributed by atoms with van der Waals surface area (Å²) in [5.74, 6) is 4.84. The lowest BCUT2D eigenvalue weighted by atomic mass is 9.60. The Morgan fingerprint density at radius 2 is 1.00 bits per heavy atom. The molecule has 0 saturated heterocycles. The van der Waals surface area contributed by atoms with Crippen molar-refractivity contribution in [2.75, 3.05) is 13.2 Å². The van der Waals surface area contributed by atoms with E-state index in [0.717, 1.165) is 49.7 Å². The van der Waals surface area contributed by atoms with Crippen LogP contribution in [0.15, 0.2) is 0 Å². The quantitative estimate of drug-likeness (QED) is 0.323. The van der Waals surface area contributed by atoms with E-state index in [0.29, 0.717) is 17.6 Å². The first-order valence-electron chi connectivity index (χ1n) is 15.3. The van der Waals surface area contributed by atoms with Crippen molar-refractivity contribution in [3.63, 3.8) is 0 Å². The number of ether oxygens (including phenoxy) is 2. The van der Waals surface area contributed by atoms with Crippen molar-refractivity contribution in [3.8, 4) is 0 Å². The van der Waals surface area contributed by atoms with Crippen LogP contribution in [-0.4, -0.2) is 31.2 Å². The lowest BCUT2D eigenvalue weighted by Crippen LogP contribution is -2.47. The lowest BCUT2D eigenvalue weighted by molar-refractivity contribution is -0.141. The van der Waals surface area contributed by atoms with Gasteiger partial charge in [0.25, 0.3) is 0 Å². The Kier molecular flexibility index (Phi) is 9.96. The van der Waals surface area contributed by atoms with Gasteiger partial charge in [0.2, 0.25) is 0 Å². The predicted molar refractivity (Wildman–Crippen MR) is 140 cm³/mol. The number of carbonyl (C=O) groups is 1. The zero-order chi connectivity index (χ0) is 24.1. The zero-order valence-corrected chi connectivity index (χ0v) is 22.8. The molecular weight excluding hydrogens is 420 g/mol. The summed E-state index contributed by atoms with van der Waals surface area (Å²) in [6.45, 7) is 10.6. The van der Waals surface area contributed by atoms with E-state index in [-0.39, 0.29) is 24.0 Å². The van der Waals surface area contributed by atoms with Crippen molar-refractivity contribution < 1.29 is 14.3 Å². The van der Waals surface area contributed by atoms with Crippen LogP contribution in [-0.2, 0) is 14.3 Å². The predicted octanol–water partition coefficient (Wildman–Crippen LogP) is 7.85. The Morgan fingerprint density at radius 1 is 0.647 bits per heavy atom. The molecule has 0 heterocycles. The number of hydrogen-bond acceptors (Lipinski definition) is 3. The van der Waals surface area contributed by atoms with Crippen LogP contribution in [0.4, 0.5) is 0 Å². The minimum Gasteiger partial charge on any atom is -0.378 e. The summed E-state index contributed by atoms with van der Waals surface area (Å²) >= 11 is 0. The second-order valence-corrected chi connectivity index (χ2v) is 12.7. The molecule has 4 rings (SSSR count). The molecule has 4 saturated carbocycles. The summed E-state index contributed by atoms with van der Waals surface area (Å²) in [4.78, 5) is 14.1. The second-order valence-electron chi connectivity index (χ2n) is 12.7. The van der Waals surface area contributed by atoms with Crippen LogP contribution in [0, 0.1) is 47.3 Å². The number of Topliss-reactive ketones (excluding diaryl/α,β-unsaturated/α-hetero) is 1. The van der Waals surface area contributed by atoms with Crippen molar-refractivity contribution in [2.45, 2.75) is 130 Å². The highest BCUT2D eigenvalue weighted by Gasteiger charge is 2.46. The fourth-order valence-corrected chi connectivity index (χ4v) is 8.57. The minimum atomic E-state index is 0.107. The van der Waals surface area contributed by atoms with Gasteiger partial charge in [0, 0.05) is 25.0 Å². The third-order valence-electron chi connectivity index (χ3n) is 10.6. The van der Waals surface area contributed by atoms with Crippen LogP contribution in [0.3, 0.4) is 0 Å². The molecule has 3 nitrogen and oxygen atoms in total. The molecule has 10 unspecified atom stereocenters. The fraction of sp³-hybridized carbons (Fsp3) is 0.968. The van der Waals surface area contributed by atoms with Crippen LogP contribution in [0.2, 0.25) is 0 Å². The van der Waals surface area contributed by atoms with Crippen LogP contribution in [0.5, 0.6) is 0 Å². The van der Waals surface area contributed by atoms with Gasteiger partial charge in [0.05, 0.1) is 12.2 Å². The molecule has 0 amide bonds. The van der Waals surface area contributed by atoms with Gasteiger partial charge in [-0.15, -0.1) is 0 Å². The highest BCUT2D eigenvalue weighted by Crippen LogP contribution is 2.49. The molecule has 0 aromatic rings. The average Bonchev–Trinajstić information content (AvgIpc) is 2.88. The van der Waals surface area contributed by atoms with E-state index in [9.17, 15) is 4.79 Å². The van der Waals surface area contributed by atoms with Gasteiger partial charge in [-0.25, -0.2) is 0 Å². The van der Waals surface area contributed by atoms with E-state index in [1.54, 1.807) is 0 Å². The molecule has 196 valence electrons. The Labute approximate surface area is 210 Å². The van der Waals surface area contributed by atoms with Gasteiger partial charge < -0.3 is 9.47 Å². The van der Waals surface area contributed by atoms with Gasteiger partial charge >= 0.3 is 0 Å². The molecule has 0 aromatic heterocycles. The summed E-state index contributed by atoms with van der Waals surface area (Å²) in [5, 5.41) is 0. The standard InChI is InChI=1S/C31H54O3/c1-5-15-33-29-19-25-13-9-7-11-23(25)17-27(29)21(3)31(32)22(4)28-18-24-12-8-10-14-26(24)20-30(28)34-16-6-2/h21-30H,5-20H2,1-4H3. The first-order chi connectivity index (χ1) is 16.5. The smallest absolute Gasteiger partial charge is 0.139 e. The van der Waals surface area contributed by atoms with Gasteiger partial charge in [-0.2, -0.15) is 0 Å². The van der Waals surface area contributed by atoms with Crippen molar-refractivity contribution in [3.05, 3.63) is 0 Å². The topological polar surface area (TPSA) is 35.5 Å². The Morgan fingerprint density at radius 3 is 1.35 bits per heavy atom. The molecule has 0 N–H and O–H groups in total.